The summed E-state index contributed by atoms with van der Waals surface area (Å²) < 4.78 is 0. The molecule has 0 amide bonds. The molecule has 0 aromatic heterocycles. The summed E-state index contributed by atoms with van der Waals surface area (Å²) in [6, 6.07) is 0. The van der Waals surface area contributed by atoms with Crippen LogP contribution in [0.5, 0.6) is 0 Å². The third kappa shape index (κ3) is 3.94. The molecule has 0 radical (unpaired) electrons. The number of hydrogen-bond donors (Lipinski definition) is 0. The maximum atomic E-state index is 4.18. The highest BCUT2D eigenvalue weighted by molar-refractivity contribution is 5.02. The van der Waals surface area contributed by atoms with Gasteiger partial charge in [0.05, 0.1) is 0 Å². The van der Waals surface area contributed by atoms with Crippen LogP contribution in [-0.2, 0) is 0 Å². The van der Waals surface area contributed by atoms with Crippen LogP contribution >= 0.6 is 0 Å². The van der Waals surface area contributed by atoms with Crippen LogP contribution in [0.4, 0.5) is 0 Å². The largest absolute Gasteiger partial charge is 0.0993 e. The first-order valence-corrected chi connectivity index (χ1v) is 5.32. The van der Waals surface area contributed by atoms with E-state index in [0.29, 0.717) is 5.92 Å². The van der Waals surface area contributed by atoms with Crippen molar-refractivity contribution in [3.63, 3.8) is 0 Å². The molecule has 0 aromatic carbocycles. The maximum absolute atomic E-state index is 4.18. The van der Waals surface area contributed by atoms with E-state index in [0.717, 1.165) is 5.92 Å². The maximum Gasteiger partial charge on any atom is -0.0232 e. The van der Waals surface area contributed by atoms with Gasteiger partial charge in [-0.15, -0.1) is 0 Å². The Morgan fingerprint density at radius 3 is 2.17 bits per heavy atom. The van der Waals surface area contributed by atoms with Crippen LogP contribution < -0.4 is 0 Å². The lowest BCUT2D eigenvalue weighted by Crippen LogP contribution is -2.06. The summed E-state index contributed by atoms with van der Waals surface area (Å²) in [5.41, 5.74) is 1.45. The van der Waals surface area contributed by atoms with E-state index in [4.69, 9.17) is 0 Å². The molecule has 0 aromatic rings. The standard InChI is InChI=1S/C12H24/c1-6-8-9-11(4)12(5)10(3)7-2/h10-11H,5-9H2,1-4H3. The van der Waals surface area contributed by atoms with E-state index in [-0.39, 0.29) is 0 Å². The van der Waals surface area contributed by atoms with Crippen LogP contribution in [0.25, 0.3) is 0 Å². The molecule has 0 spiro atoms. The first-order chi connectivity index (χ1) is 5.63. The molecule has 0 N–H and O–H groups in total. The van der Waals surface area contributed by atoms with Crippen LogP contribution in [0, 0.1) is 11.8 Å². The summed E-state index contributed by atoms with van der Waals surface area (Å²) in [7, 11) is 0. The summed E-state index contributed by atoms with van der Waals surface area (Å²) in [5.74, 6) is 1.43. The molecule has 72 valence electrons. The Hall–Kier alpha value is -0.260. The van der Waals surface area contributed by atoms with Gasteiger partial charge in [-0.3, -0.25) is 0 Å². The van der Waals surface area contributed by atoms with Crippen LogP contribution in [0.1, 0.15) is 53.4 Å². The fourth-order valence-electron chi connectivity index (χ4n) is 1.44. The zero-order chi connectivity index (χ0) is 9.56. The van der Waals surface area contributed by atoms with Gasteiger partial charge in [0.25, 0.3) is 0 Å². The lowest BCUT2D eigenvalue weighted by atomic mass is 9.87. The molecular weight excluding hydrogens is 144 g/mol. The minimum Gasteiger partial charge on any atom is -0.0993 e. The van der Waals surface area contributed by atoms with Crippen molar-refractivity contribution in [3.05, 3.63) is 12.2 Å². The lowest BCUT2D eigenvalue weighted by molar-refractivity contribution is 0.499. The minimum atomic E-state index is 0.705. The highest BCUT2D eigenvalue weighted by Gasteiger charge is 2.11. The average Bonchev–Trinajstić information content (AvgIpc) is 2.11. The minimum absolute atomic E-state index is 0.705. The van der Waals surface area contributed by atoms with Crippen molar-refractivity contribution >= 4 is 0 Å². The Labute approximate surface area is 78.1 Å². The summed E-state index contributed by atoms with van der Waals surface area (Å²) in [4.78, 5) is 0. The predicted molar refractivity (Wildman–Crippen MR) is 57.3 cm³/mol. The number of unbranched alkanes of at least 4 members (excludes halogenated alkanes) is 1. The molecule has 0 bridgehead atoms. The van der Waals surface area contributed by atoms with E-state index in [1.54, 1.807) is 0 Å². The molecule has 2 unspecified atom stereocenters. The average molecular weight is 168 g/mol. The third-order valence-electron chi connectivity index (χ3n) is 2.87. The van der Waals surface area contributed by atoms with Gasteiger partial charge >= 0.3 is 0 Å². The van der Waals surface area contributed by atoms with Crippen molar-refractivity contribution in [2.24, 2.45) is 11.8 Å². The molecule has 2 atom stereocenters. The van der Waals surface area contributed by atoms with E-state index in [1.165, 1.54) is 31.3 Å². The smallest absolute Gasteiger partial charge is 0.0232 e. The van der Waals surface area contributed by atoms with E-state index >= 15 is 0 Å². The van der Waals surface area contributed by atoms with Gasteiger partial charge in [0.15, 0.2) is 0 Å². The molecule has 0 aliphatic carbocycles. The molecule has 0 fully saturated rings. The van der Waals surface area contributed by atoms with Crippen LogP contribution in [0.2, 0.25) is 0 Å². The van der Waals surface area contributed by atoms with E-state index in [1.807, 2.05) is 0 Å². The van der Waals surface area contributed by atoms with Gasteiger partial charge in [0.2, 0.25) is 0 Å². The molecule has 12 heavy (non-hydrogen) atoms. The van der Waals surface area contributed by atoms with E-state index < -0.39 is 0 Å². The van der Waals surface area contributed by atoms with E-state index in [2.05, 4.69) is 34.3 Å². The fraction of sp³-hybridized carbons (Fsp3) is 0.833. The molecule has 0 saturated carbocycles. The van der Waals surface area contributed by atoms with Gasteiger partial charge < -0.3 is 0 Å². The first kappa shape index (κ1) is 11.7. The lowest BCUT2D eigenvalue weighted by Gasteiger charge is -2.19. The van der Waals surface area contributed by atoms with Crippen molar-refractivity contribution in [1.29, 1.82) is 0 Å². The zero-order valence-corrected chi connectivity index (χ0v) is 9.19. The van der Waals surface area contributed by atoms with Gasteiger partial charge in [-0.2, -0.15) is 0 Å². The summed E-state index contributed by atoms with van der Waals surface area (Å²) in [6.07, 6.45) is 5.20. The molecule has 0 heteroatoms. The summed E-state index contributed by atoms with van der Waals surface area (Å²) >= 11 is 0. The predicted octanol–water partition coefficient (Wildman–Crippen LogP) is 4.42. The third-order valence-corrected chi connectivity index (χ3v) is 2.87. The highest BCUT2D eigenvalue weighted by atomic mass is 14.2. The number of allylic oxidation sites excluding steroid dienone is 1. The second-order valence-corrected chi connectivity index (χ2v) is 3.93. The van der Waals surface area contributed by atoms with Crippen molar-refractivity contribution < 1.29 is 0 Å². The van der Waals surface area contributed by atoms with Gasteiger partial charge in [-0.25, -0.2) is 0 Å². The monoisotopic (exact) mass is 168 g/mol. The van der Waals surface area contributed by atoms with Crippen molar-refractivity contribution in [2.75, 3.05) is 0 Å². The number of rotatable bonds is 6. The van der Waals surface area contributed by atoms with Crippen molar-refractivity contribution in [2.45, 2.75) is 53.4 Å². The molecule has 0 saturated heterocycles. The van der Waals surface area contributed by atoms with Gasteiger partial charge in [0.1, 0.15) is 0 Å². The second-order valence-electron chi connectivity index (χ2n) is 3.93. The molecular formula is C12H24. The van der Waals surface area contributed by atoms with E-state index in [9.17, 15) is 0 Å². The van der Waals surface area contributed by atoms with Gasteiger partial charge in [0, 0.05) is 0 Å². The molecule has 0 nitrogen and oxygen atoms in total. The Balaban J connectivity index is 3.75. The first-order valence-electron chi connectivity index (χ1n) is 5.32. The highest BCUT2D eigenvalue weighted by Crippen LogP contribution is 2.24. The Kier molecular flexibility index (Phi) is 6.14. The molecule has 0 aliphatic heterocycles. The van der Waals surface area contributed by atoms with Crippen LogP contribution in [-0.4, -0.2) is 0 Å². The quantitative estimate of drug-likeness (QED) is 0.515. The van der Waals surface area contributed by atoms with Crippen molar-refractivity contribution in [1.82, 2.24) is 0 Å². The van der Waals surface area contributed by atoms with Crippen molar-refractivity contribution in [3.8, 4) is 0 Å². The Morgan fingerprint density at radius 1 is 1.17 bits per heavy atom. The van der Waals surface area contributed by atoms with Crippen LogP contribution in [0.15, 0.2) is 12.2 Å². The fourth-order valence-corrected chi connectivity index (χ4v) is 1.44. The molecule has 0 rings (SSSR count). The van der Waals surface area contributed by atoms with Gasteiger partial charge in [-0.05, 0) is 24.7 Å². The summed E-state index contributed by atoms with van der Waals surface area (Å²) in [6.45, 7) is 13.3. The molecule has 0 aliphatic rings. The Morgan fingerprint density at radius 2 is 1.75 bits per heavy atom. The topological polar surface area (TPSA) is 0 Å². The molecule has 0 heterocycles. The zero-order valence-electron chi connectivity index (χ0n) is 9.19. The summed E-state index contributed by atoms with van der Waals surface area (Å²) in [5, 5.41) is 0. The second kappa shape index (κ2) is 6.28. The van der Waals surface area contributed by atoms with Gasteiger partial charge in [-0.1, -0.05) is 52.7 Å². The SMILES string of the molecule is C=C(C(C)CC)C(C)CCCC. The van der Waals surface area contributed by atoms with Crippen LogP contribution in [0.3, 0.4) is 0 Å². The normalized spacial score (nSPS) is 15.7. The Bertz CT molecular complexity index is 124. The number of hydrogen-bond acceptors (Lipinski definition) is 0.